The van der Waals surface area contributed by atoms with Crippen molar-refractivity contribution < 1.29 is 9.53 Å². The summed E-state index contributed by atoms with van der Waals surface area (Å²) in [6.45, 7) is 16.9. The van der Waals surface area contributed by atoms with Gasteiger partial charge < -0.3 is 9.64 Å². The van der Waals surface area contributed by atoms with Crippen molar-refractivity contribution in [3.8, 4) is 5.75 Å². The molecule has 3 rings (SSSR count). The summed E-state index contributed by atoms with van der Waals surface area (Å²) in [5.41, 5.74) is 1.25. The van der Waals surface area contributed by atoms with Gasteiger partial charge in [0.25, 0.3) is 0 Å². The third-order valence-electron chi connectivity index (χ3n) is 4.73. The van der Waals surface area contributed by atoms with Gasteiger partial charge in [-0.1, -0.05) is 6.07 Å². The number of piperazine rings is 1. The molecule has 2 aliphatic heterocycles. The van der Waals surface area contributed by atoms with Gasteiger partial charge in [-0.2, -0.15) is 0 Å². The van der Waals surface area contributed by atoms with Crippen LogP contribution in [0.4, 0.5) is 11.4 Å². The van der Waals surface area contributed by atoms with Gasteiger partial charge in [-0.15, -0.1) is 0 Å². The van der Waals surface area contributed by atoms with Gasteiger partial charge in [-0.05, 0) is 26.0 Å². The number of hydrogen-bond donors (Lipinski definition) is 0. The minimum absolute atomic E-state index is 0.0830. The average Bonchev–Trinajstić information content (AvgIpc) is 2.61. The number of ether oxygens (including phenoxy) is 1. The Morgan fingerprint density at radius 2 is 2.00 bits per heavy atom. The monoisotopic (exact) mass is 328 g/mol. The fourth-order valence-corrected chi connectivity index (χ4v) is 3.25. The van der Waals surface area contributed by atoms with Crippen LogP contribution in [0.25, 0.3) is 4.85 Å². The SMILES string of the molecule is [C-]#[N+]c1ccc2c(c1)N(C(=O)CN1CCN(C(C)C)CC1)CCO2. The largest absolute Gasteiger partial charge is 0.490 e. The van der Waals surface area contributed by atoms with Crippen LogP contribution >= 0.6 is 0 Å². The van der Waals surface area contributed by atoms with Crippen molar-refractivity contribution in [3.63, 3.8) is 0 Å². The van der Waals surface area contributed by atoms with Crippen LogP contribution in [0.5, 0.6) is 5.75 Å². The molecule has 0 N–H and O–H groups in total. The molecular weight excluding hydrogens is 304 g/mol. The number of anilines is 1. The van der Waals surface area contributed by atoms with Crippen molar-refractivity contribution in [1.82, 2.24) is 9.80 Å². The number of rotatable bonds is 3. The second-order valence-corrected chi connectivity index (χ2v) is 6.56. The molecule has 0 bridgehead atoms. The smallest absolute Gasteiger partial charge is 0.241 e. The summed E-state index contributed by atoms with van der Waals surface area (Å²) in [6.07, 6.45) is 0. The highest BCUT2D eigenvalue weighted by molar-refractivity contribution is 5.97. The standard InChI is InChI=1S/C18H24N4O2/c1-14(2)21-8-6-20(7-9-21)13-18(23)22-10-11-24-17-5-4-15(19-3)12-16(17)22/h4-5,12,14H,6-11,13H2,1-2H3. The van der Waals surface area contributed by atoms with Crippen LogP contribution in [0, 0.1) is 6.57 Å². The molecule has 0 saturated carbocycles. The lowest BCUT2D eigenvalue weighted by Gasteiger charge is -2.38. The van der Waals surface area contributed by atoms with E-state index in [2.05, 4.69) is 28.5 Å². The van der Waals surface area contributed by atoms with Gasteiger partial charge in [0, 0.05) is 32.2 Å². The first kappa shape index (κ1) is 16.7. The van der Waals surface area contributed by atoms with E-state index in [0.717, 1.165) is 31.9 Å². The number of carbonyl (C=O) groups excluding carboxylic acids is 1. The summed E-state index contributed by atoms with van der Waals surface area (Å²) in [4.78, 5) is 22.7. The van der Waals surface area contributed by atoms with Gasteiger partial charge in [0.15, 0.2) is 5.69 Å². The topological polar surface area (TPSA) is 40.4 Å². The van der Waals surface area contributed by atoms with Crippen LogP contribution in [0.2, 0.25) is 0 Å². The first-order valence-corrected chi connectivity index (χ1v) is 8.49. The van der Waals surface area contributed by atoms with Gasteiger partial charge in [-0.3, -0.25) is 14.6 Å². The lowest BCUT2D eigenvalue weighted by molar-refractivity contribution is -0.120. The van der Waals surface area contributed by atoms with Crippen LogP contribution in [-0.4, -0.2) is 67.6 Å². The zero-order valence-electron chi connectivity index (χ0n) is 14.4. The minimum Gasteiger partial charge on any atom is -0.490 e. The van der Waals surface area contributed by atoms with Crippen molar-refractivity contribution in [2.24, 2.45) is 0 Å². The first-order chi connectivity index (χ1) is 11.6. The average molecular weight is 328 g/mol. The van der Waals surface area contributed by atoms with Crippen LogP contribution in [-0.2, 0) is 4.79 Å². The van der Waals surface area contributed by atoms with Crippen molar-refractivity contribution in [3.05, 3.63) is 29.6 Å². The second kappa shape index (κ2) is 7.20. The normalized spacial score (nSPS) is 18.8. The minimum atomic E-state index is 0.0830. The predicted octanol–water partition coefficient (Wildman–Crippen LogP) is 1.99. The summed E-state index contributed by atoms with van der Waals surface area (Å²) in [5, 5.41) is 0. The number of nitrogens with zero attached hydrogens (tertiary/aromatic N) is 4. The Morgan fingerprint density at radius 3 is 2.67 bits per heavy atom. The van der Waals surface area contributed by atoms with E-state index in [1.165, 1.54) is 0 Å². The van der Waals surface area contributed by atoms with Crippen LogP contribution < -0.4 is 9.64 Å². The molecule has 0 aliphatic carbocycles. The number of amides is 1. The molecule has 6 heteroatoms. The Hall–Kier alpha value is -2.10. The van der Waals surface area contributed by atoms with Gasteiger partial charge >= 0.3 is 0 Å². The molecule has 6 nitrogen and oxygen atoms in total. The summed E-state index contributed by atoms with van der Waals surface area (Å²) >= 11 is 0. The Morgan fingerprint density at radius 1 is 1.25 bits per heavy atom. The van der Waals surface area contributed by atoms with Crippen molar-refractivity contribution in [1.29, 1.82) is 0 Å². The van der Waals surface area contributed by atoms with E-state index in [9.17, 15) is 4.79 Å². The van der Waals surface area contributed by atoms with Crippen molar-refractivity contribution in [2.75, 3.05) is 50.8 Å². The molecule has 2 heterocycles. The highest BCUT2D eigenvalue weighted by Crippen LogP contribution is 2.35. The van der Waals surface area contributed by atoms with E-state index in [1.54, 1.807) is 23.1 Å². The van der Waals surface area contributed by atoms with Gasteiger partial charge in [0.2, 0.25) is 5.91 Å². The van der Waals surface area contributed by atoms with E-state index in [1.807, 2.05) is 0 Å². The maximum atomic E-state index is 12.8. The molecule has 1 saturated heterocycles. The lowest BCUT2D eigenvalue weighted by Crippen LogP contribution is -2.52. The second-order valence-electron chi connectivity index (χ2n) is 6.56. The fourth-order valence-electron chi connectivity index (χ4n) is 3.25. The Bertz CT molecular complexity index is 645. The number of hydrogen-bond acceptors (Lipinski definition) is 4. The van der Waals surface area contributed by atoms with E-state index >= 15 is 0 Å². The molecule has 0 aromatic heterocycles. The van der Waals surface area contributed by atoms with Crippen molar-refractivity contribution >= 4 is 17.3 Å². The van der Waals surface area contributed by atoms with Crippen LogP contribution in [0.15, 0.2) is 18.2 Å². The molecule has 0 unspecified atom stereocenters. The number of fused-ring (bicyclic) bond motifs is 1. The molecule has 0 radical (unpaired) electrons. The van der Waals surface area contributed by atoms with Gasteiger partial charge in [-0.25, -0.2) is 4.85 Å². The maximum Gasteiger partial charge on any atom is 0.241 e. The predicted molar refractivity (Wildman–Crippen MR) is 93.7 cm³/mol. The van der Waals surface area contributed by atoms with Crippen molar-refractivity contribution in [2.45, 2.75) is 19.9 Å². The Kier molecular flexibility index (Phi) is 5.03. The highest BCUT2D eigenvalue weighted by atomic mass is 16.5. The molecular formula is C18H24N4O2. The molecule has 1 amide bonds. The molecule has 0 spiro atoms. The molecule has 0 atom stereocenters. The van der Waals surface area contributed by atoms with Gasteiger partial charge in [0.1, 0.15) is 12.4 Å². The summed E-state index contributed by atoms with van der Waals surface area (Å²) in [6, 6.07) is 5.81. The molecule has 2 aliphatic rings. The molecule has 128 valence electrons. The summed E-state index contributed by atoms with van der Waals surface area (Å²) < 4.78 is 5.62. The number of benzene rings is 1. The number of carbonyl (C=O) groups is 1. The molecule has 1 aromatic rings. The summed E-state index contributed by atoms with van der Waals surface area (Å²) in [5.74, 6) is 0.770. The molecule has 1 fully saturated rings. The van der Waals surface area contributed by atoms with E-state index in [-0.39, 0.29) is 5.91 Å². The van der Waals surface area contributed by atoms with Crippen LogP contribution in [0.1, 0.15) is 13.8 Å². The molecule has 1 aromatic carbocycles. The van der Waals surface area contributed by atoms with Crippen LogP contribution in [0.3, 0.4) is 0 Å². The fraction of sp³-hybridized carbons (Fsp3) is 0.556. The first-order valence-electron chi connectivity index (χ1n) is 8.49. The third kappa shape index (κ3) is 3.53. The quantitative estimate of drug-likeness (QED) is 0.796. The van der Waals surface area contributed by atoms with E-state index < -0.39 is 0 Å². The Balaban J connectivity index is 1.66. The summed E-state index contributed by atoms with van der Waals surface area (Å²) in [7, 11) is 0. The third-order valence-corrected chi connectivity index (χ3v) is 4.73. The highest BCUT2D eigenvalue weighted by Gasteiger charge is 2.27. The zero-order valence-corrected chi connectivity index (χ0v) is 14.4. The van der Waals surface area contributed by atoms with Gasteiger partial charge in [0.05, 0.1) is 25.3 Å². The zero-order chi connectivity index (χ0) is 17.1. The van der Waals surface area contributed by atoms with E-state index in [0.29, 0.717) is 37.2 Å². The lowest BCUT2D eigenvalue weighted by atomic mass is 10.2. The maximum absolute atomic E-state index is 12.8. The van der Waals surface area contributed by atoms with E-state index in [4.69, 9.17) is 11.3 Å². The Labute approximate surface area is 143 Å². The molecule has 24 heavy (non-hydrogen) atoms.